The maximum absolute atomic E-state index is 13.4. The number of hydrogen-bond donors (Lipinski definition) is 1. The number of halogens is 3. The van der Waals surface area contributed by atoms with Gasteiger partial charge in [0, 0.05) is 22.2 Å². The van der Waals surface area contributed by atoms with Crippen LogP contribution in [-0.2, 0) is 6.54 Å². The summed E-state index contributed by atoms with van der Waals surface area (Å²) in [4.78, 5) is 0. The molecular weight excluding hydrogens is 260 g/mol. The Morgan fingerprint density at radius 1 is 1.06 bits per heavy atom. The second-order valence-corrected chi connectivity index (χ2v) is 4.52. The minimum absolute atomic E-state index is 0.281. The summed E-state index contributed by atoms with van der Waals surface area (Å²) in [6.07, 6.45) is 0. The van der Waals surface area contributed by atoms with Crippen LogP contribution in [0.2, 0.25) is 10.0 Å². The topological polar surface area (TPSA) is 26.0 Å². The van der Waals surface area contributed by atoms with E-state index in [0.717, 1.165) is 5.56 Å². The van der Waals surface area contributed by atoms with Crippen molar-refractivity contribution < 1.29 is 4.39 Å². The van der Waals surface area contributed by atoms with Crippen LogP contribution in [-0.4, -0.2) is 0 Å². The van der Waals surface area contributed by atoms with Crippen LogP contribution in [0.25, 0.3) is 11.1 Å². The van der Waals surface area contributed by atoms with Crippen LogP contribution in [0.5, 0.6) is 0 Å². The van der Waals surface area contributed by atoms with Crippen LogP contribution in [0.3, 0.4) is 0 Å². The summed E-state index contributed by atoms with van der Waals surface area (Å²) in [5, 5.41) is 1.09. The maximum Gasteiger partial charge on any atom is 0.124 e. The molecule has 0 amide bonds. The number of hydrogen-bond acceptors (Lipinski definition) is 1. The zero-order valence-corrected chi connectivity index (χ0v) is 10.4. The van der Waals surface area contributed by atoms with Crippen molar-refractivity contribution in [2.75, 3.05) is 0 Å². The highest BCUT2D eigenvalue weighted by Crippen LogP contribution is 2.31. The Hall–Kier alpha value is -1.09. The molecule has 0 heterocycles. The number of nitrogens with two attached hydrogens (primary N) is 1. The Kier molecular flexibility index (Phi) is 3.67. The molecule has 2 rings (SSSR count). The van der Waals surface area contributed by atoms with Gasteiger partial charge in [0.15, 0.2) is 0 Å². The fourth-order valence-electron chi connectivity index (χ4n) is 1.64. The van der Waals surface area contributed by atoms with Gasteiger partial charge in [-0.1, -0.05) is 23.2 Å². The predicted molar refractivity (Wildman–Crippen MR) is 69.7 cm³/mol. The first kappa shape index (κ1) is 12.4. The molecule has 88 valence electrons. The molecule has 1 nitrogen and oxygen atoms in total. The third kappa shape index (κ3) is 2.78. The van der Waals surface area contributed by atoms with E-state index >= 15 is 0 Å². The molecule has 0 aliphatic rings. The molecular formula is C13H10Cl2FN. The molecule has 0 spiro atoms. The first-order valence-electron chi connectivity index (χ1n) is 5.05. The van der Waals surface area contributed by atoms with Crippen molar-refractivity contribution in [3.8, 4) is 11.1 Å². The van der Waals surface area contributed by atoms with Gasteiger partial charge >= 0.3 is 0 Å². The SMILES string of the molecule is NCc1cc(F)cc(-c2cc(Cl)ccc2Cl)c1. The average Bonchev–Trinajstić information content (AvgIpc) is 2.31. The highest BCUT2D eigenvalue weighted by Gasteiger charge is 2.07. The Bertz CT molecular complexity index is 555. The van der Waals surface area contributed by atoms with Crippen molar-refractivity contribution in [1.29, 1.82) is 0 Å². The molecule has 2 N–H and O–H groups in total. The summed E-state index contributed by atoms with van der Waals surface area (Å²) in [6.45, 7) is 0.281. The Labute approximate surface area is 109 Å². The fraction of sp³-hybridized carbons (Fsp3) is 0.0769. The lowest BCUT2D eigenvalue weighted by Gasteiger charge is -2.07. The van der Waals surface area contributed by atoms with Gasteiger partial charge in [-0.3, -0.25) is 0 Å². The van der Waals surface area contributed by atoms with Gasteiger partial charge in [-0.15, -0.1) is 0 Å². The van der Waals surface area contributed by atoms with Crippen molar-refractivity contribution in [2.45, 2.75) is 6.54 Å². The molecule has 0 saturated carbocycles. The third-order valence-electron chi connectivity index (χ3n) is 2.43. The van der Waals surface area contributed by atoms with E-state index in [9.17, 15) is 4.39 Å². The summed E-state index contributed by atoms with van der Waals surface area (Å²) in [5.41, 5.74) is 7.61. The van der Waals surface area contributed by atoms with Crippen molar-refractivity contribution in [3.05, 3.63) is 57.8 Å². The Morgan fingerprint density at radius 2 is 1.82 bits per heavy atom. The summed E-state index contributed by atoms with van der Waals surface area (Å²) >= 11 is 12.0. The predicted octanol–water partition coefficient (Wildman–Crippen LogP) is 4.26. The smallest absolute Gasteiger partial charge is 0.124 e. The normalized spacial score (nSPS) is 10.6. The molecule has 2 aromatic carbocycles. The van der Waals surface area contributed by atoms with Gasteiger partial charge in [0.2, 0.25) is 0 Å². The number of benzene rings is 2. The summed E-state index contributed by atoms with van der Waals surface area (Å²) in [5.74, 6) is -0.334. The molecule has 0 aliphatic heterocycles. The summed E-state index contributed by atoms with van der Waals surface area (Å²) in [6, 6.07) is 9.71. The Balaban J connectivity index is 2.59. The quantitative estimate of drug-likeness (QED) is 0.866. The molecule has 4 heteroatoms. The van der Waals surface area contributed by atoms with Crippen molar-refractivity contribution in [1.82, 2.24) is 0 Å². The average molecular weight is 270 g/mol. The highest BCUT2D eigenvalue weighted by molar-refractivity contribution is 6.35. The number of rotatable bonds is 2. The zero-order chi connectivity index (χ0) is 12.4. The molecule has 2 aromatic rings. The molecule has 0 radical (unpaired) electrons. The molecule has 0 saturated heterocycles. The van der Waals surface area contributed by atoms with Crippen molar-refractivity contribution in [3.63, 3.8) is 0 Å². The lowest BCUT2D eigenvalue weighted by molar-refractivity contribution is 0.626. The molecule has 0 bridgehead atoms. The van der Waals surface area contributed by atoms with Crippen molar-refractivity contribution in [2.24, 2.45) is 5.73 Å². The second-order valence-electron chi connectivity index (χ2n) is 3.68. The highest BCUT2D eigenvalue weighted by atomic mass is 35.5. The van der Waals surface area contributed by atoms with E-state index in [1.165, 1.54) is 12.1 Å². The zero-order valence-electron chi connectivity index (χ0n) is 8.88. The lowest BCUT2D eigenvalue weighted by atomic mass is 10.0. The van der Waals surface area contributed by atoms with Crippen LogP contribution in [0.1, 0.15) is 5.56 Å². The summed E-state index contributed by atoms with van der Waals surface area (Å²) in [7, 11) is 0. The van der Waals surface area contributed by atoms with E-state index in [0.29, 0.717) is 21.2 Å². The van der Waals surface area contributed by atoms with Gasteiger partial charge in [-0.05, 0) is 47.5 Å². The van der Waals surface area contributed by atoms with Gasteiger partial charge in [-0.25, -0.2) is 4.39 Å². The molecule has 0 aliphatic carbocycles. The van der Waals surface area contributed by atoms with E-state index < -0.39 is 0 Å². The van der Waals surface area contributed by atoms with Gasteiger partial charge < -0.3 is 5.73 Å². The summed E-state index contributed by atoms with van der Waals surface area (Å²) < 4.78 is 13.4. The van der Waals surface area contributed by atoms with Crippen LogP contribution in [0, 0.1) is 5.82 Å². The van der Waals surface area contributed by atoms with Gasteiger partial charge in [0.1, 0.15) is 5.82 Å². The van der Waals surface area contributed by atoms with E-state index in [4.69, 9.17) is 28.9 Å². The fourth-order valence-corrected chi connectivity index (χ4v) is 2.04. The lowest BCUT2D eigenvalue weighted by Crippen LogP contribution is -1.97. The third-order valence-corrected chi connectivity index (χ3v) is 3.00. The maximum atomic E-state index is 13.4. The molecule has 0 unspecified atom stereocenters. The molecule has 0 atom stereocenters. The van der Waals surface area contributed by atoms with Crippen LogP contribution < -0.4 is 5.73 Å². The van der Waals surface area contributed by atoms with Gasteiger partial charge in [0.05, 0.1) is 0 Å². The van der Waals surface area contributed by atoms with E-state index in [-0.39, 0.29) is 12.4 Å². The van der Waals surface area contributed by atoms with Crippen LogP contribution >= 0.6 is 23.2 Å². The molecule has 0 fully saturated rings. The standard InChI is InChI=1S/C13H10Cl2FN/c14-10-1-2-13(15)12(6-10)9-3-8(7-17)4-11(16)5-9/h1-6H,7,17H2. The van der Waals surface area contributed by atoms with Crippen molar-refractivity contribution >= 4 is 23.2 Å². The van der Waals surface area contributed by atoms with Gasteiger partial charge in [0.25, 0.3) is 0 Å². The minimum atomic E-state index is -0.334. The van der Waals surface area contributed by atoms with Gasteiger partial charge in [-0.2, -0.15) is 0 Å². The molecule has 17 heavy (non-hydrogen) atoms. The second kappa shape index (κ2) is 5.05. The van der Waals surface area contributed by atoms with Crippen LogP contribution in [0.15, 0.2) is 36.4 Å². The van der Waals surface area contributed by atoms with E-state index in [2.05, 4.69) is 0 Å². The molecule has 0 aromatic heterocycles. The largest absolute Gasteiger partial charge is 0.326 e. The minimum Gasteiger partial charge on any atom is -0.326 e. The van der Waals surface area contributed by atoms with Crippen LogP contribution in [0.4, 0.5) is 4.39 Å². The van der Waals surface area contributed by atoms with E-state index in [1.54, 1.807) is 24.3 Å². The first-order chi connectivity index (χ1) is 8.10. The monoisotopic (exact) mass is 269 g/mol. The van der Waals surface area contributed by atoms with E-state index in [1.807, 2.05) is 0 Å². The first-order valence-corrected chi connectivity index (χ1v) is 5.80. The Morgan fingerprint density at radius 3 is 2.53 bits per heavy atom.